The molecular formula is C27H31NO7. The van der Waals surface area contributed by atoms with Gasteiger partial charge in [0, 0.05) is 19.4 Å². The number of hydrogen-bond donors (Lipinski definition) is 1. The first-order chi connectivity index (χ1) is 16.8. The van der Waals surface area contributed by atoms with Crippen LogP contribution in [0.15, 0.2) is 48.5 Å². The van der Waals surface area contributed by atoms with Gasteiger partial charge < -0.3 is 24.2 Å². The van der Waals surface area contributed by atoms with E-state index in [0.29, 0.717) is 30.5 Å². The summed E-state index contributed by atoms with van der Waals surface area (Å²) in [7, 11) is 0. The number of rotatable bonds is 6. The van der Waals surface area contributed by atoms with Gasteiger partial charge in [-0.15, -0.1) is 0 Å². The molecule has 2 saturated heterocycles. The zero-order valence-corrected chi connectivity index (χ0v) is 20.0. The van der Waals surface area contributed by atoms with Gasteiger partial charge in [0.05, 0.1) is 17.2 Å². The van der Waals surface area contributed by atoms with E-state index in [2.05, 4.69) is 0 Å². The molecule has 2 heterocycles. The first-order valence-electron chi connectivity index (χ1n) is 11.9. The first kappa shape index (κ1) is 24.9. The minimum atomic E-state index is -0.732. The molecule has 4 rings (SSSR count). The van der Waals surface area contributed by atoms with Crippen molar-refractivity contribution in [3.8, 4) is 0 Å². The predicted octanol–water partition coefficient (Wildman–Crippen LogP) is 3.17. The smallest absolute Gasteiger partial charge is 0.338 e. The highest BCUT2D eigenvalue weighted by atomic mass is 16.6. The largest absolute Gasteiger partial charge is 0.459 e. The molecule has 0 bridgehead atoms. The van der Waals surface area contributed by atoms with Crippen LogP contribution in [0.5, 0.6) is 0 Å². The standard InChI is InChI=1S/C27H31NO7/c1-17-3-7-19(8-4-17)26(31)33-16-23-22(35-27(32)20-9-5-18(2)6-10-20)15-25(34-23)28-14-13-21(29)11-12-24(28)30/h3-10,21-23,25,29H,11-16H2,1-2H3/t21-,22-,23+,25+/m0/s1. The fourth-order valence-electron chi connectivity index (χ4n) is 4.29. The van der Waals surface area contributed by atoms with E-state index in [1.165, 1.54) is 0 Å². The van der Waals surface area contributed by atoms with Crippen molar-refractivity contribution < 1.29 is 33.7 Å². The van der Waals surface area contributed by atoms with Crippen LogP contribution in [-0.2, 0) is 19.0 Å². The summed E-state index contributed by atoms with van der Waals surface area (Å²) in [4.78, 5) is 39.6. The van der Waals surface area contributed by atoms with Crippen molar-refractivity contribution in [1.82, 2.24) is 4.90 Å². The highest BCUT2D eigenvalue weighted by Gasteiger charge is 2.43. The maximum atomic E-state index is 12.8. The maximum Gasteiger partial charge on any atom is 0.338 e. The molecule has 2 aliphatic rings. The first-order valence-corrected chi connectivity index (χ1v) is 11.9. The zero-order valence-electron chi connectivity index (χ0n) is 20.0. The van der Waals surface area contributed by atoms with Crippen molar-refractivity contribution in [2.24, 2.45) is 0 Å². The molecule has 2 aromatic carbocycles. The number of nitrogens with zero attached hydrogens (tertiary/aromatic N) is 1. The topological polar surface area (TPSA) is 102 Å². The van der Waals surface area contributed by atoms with Gasteiger partial charge in [-0.25, -0.2) is 9.59 Å². The summed E-state index contributed by atoms with van der Waals surface area (Å²) in [6.07, 6.45) is -1.27. The van der Waals surface area contributed by atoms with Crippen LogP contribution in [0.3, 0.4) is 0 Å². The summed E-state index contributed by atoms with van der Waals surface area (Å²) in [5, 5.41) is 9.96. The van der Waals surface area contributed by atoms with Gasteiger partial charge in [0.2, 0.25) is 5.91 Å². The molecule has 8 nitrogen and oxygen atoms in total. The molecule has 0 spiro atoms. The average molecular weight is 482 g/mol. The number of aliphatic hydroxyl groups is 1. The van der Waals surface area contributed by atoms with Gasteiger partial charge in [-0.2, -0.15) is 0 Å². The second-order valence-electron chi connectivity index (χ2n) is 9.21. The molecule has 35 heavy (non-hydrogen) atoms. The monoisotopic (exact) mass is 481 g/mol. The molecule has 8 heteroatoms. The molecule has 0 unspecified atom stereocenters. The molecular weight excluding hydrogens is 450 g/mol. The summed E-state index contributed by atoms with van der Waals surface area (Å²) in [5.74, 6) is -1.13. The van der Waals surface area contributed by atoms with E-state index in [4.69, 9.17) is 14.2 Å². The minimum Gasteiger partial charge on any atom is -0.459 e. The van der Waals surface area contributed by atoms with E-state index >= 15 is 0 Å². The van der Waals surface area contributed by atoms with Crippen LogP contribution in [0, 0.1) is 13.8 Å². The second-order valence-corrected chi connectivity index (χ2v) is 9.21. The lowest BCUT2D eigenvalue weighted by molar-refractivity contribution is -0.146. The highest BCUT2D eigenvalue weighted by molar-refractivity contribution is 5.90. The van der Waals surface area contributed by atoms with Crippen LogP contribution in [-0.4, -0.2) is 65.5 Å². The highest BCUT2D eigenvalue weighted by Crippen LogP contribution is 2.29. The molecule has 1 N–H and O–H groups in total. The number of benzene rings is 2. The molecule has 2 fully saturated rings. The van der Waals surface area contributed by atoms with Gasteiger partial charge in [-0.05, 0) is 51.0 Å². The molecule has 4 atom stereocenters. The van der Waals surface area contributed by atoms with E-state index in [0.717, 1.165) is 11.1 Å². The number of aryl methyl sites for hydroxylation is 2. The van der Waals surface area contributed by atoms with Crippen molar-refractivity contribution in [2.75, 3.05) is 13.2 Å². The van der Waals surface area contributed by atoms with E-state index in [1.54, 1.807) is 29.2 Å². The summed E-state index contributed by atoms with van der Waals surface area (Å²) >= 11 is 0. The summed E-state index contributed by atoms with van der Waals surface area (Å²) in [6, 6.07) is 14.1. The van der Waals surface area contributed by atoms with Crippen molar-refractivity contribution in [2.45, 2.75) is 64.1 Å². The Morgan fingerprint density at radius 1 is 0.971 bits per heavy atom. The summed E-state index contributed by atoms with van der Waals surface area (Å²) < 4.78 is 17.4. The van der Waals surface area contributed by atoms with Crippen LogP contribution < -0.4 is 0 Å². The summed E-state index contributed by atoms with van der Waals surface area (Å²) in [5.41, 5.74) is 2.87. The molecule has 2 aliphatic heterocycles. The van der Waals surface area contributed by atoms with Crippen molar-refractivity contribution >= 4 is 17.8 Å². The third kappa shape index (κ3) is 6.26. The third-order valence-corrected chi connectivity index (χ3v) is 6.45. The lowest BCUT2D eigenvalue weighted by Crippen LogP contribution is -2.40. The van der Waals surface area contributed by atoms with E-state index in [1.807, 2.05) is 38.1 Å². The Morgan fingerprint density at radius 2 is 1.57 bits per heavy atom. The molecule has 0 aliphatic carbocycles. The molecule has 0 aromatic heterocycles. The van der Waals surface area contributed by atoms with Crippen molar-refractivity contribution in [3.63, 3.8) is 0 Å². The minimum absolute atomic E-state index is 0.118. The molecule has 1 amide bonds. The quantitative estimate of drug-likeness (QED) is 0.632. The Morgan fingerprint density at radius 3 is 2.20 bits per heavy atom. The maximum absolute atomic E-state index is 12.8. The van der Waals surface area contributed by atoms with Gasteiger partial charge in [0.15, 0.2) is 0 Å². The van der Waals surface area contributed by atoms with E-state index < -0.39 is 36.5 Å². The Kier molecular flexibility index (Phi) is 7.83. The number of aliphatic hydroxyl groups excluding tert-OH is 1. The number of ether oxygens (including phenoxy) is 3. The van der Waals surface area contributed by atoms with E-state index in [9.17, 15) is 19.5 Å². The Bertz CT molecular complexity index is 1050. The zero-order chi connectivity index (χ0) is 24.9. The van der Waals surface area contributed by atoms with Gasteiger partial charge in [-0.3, -0.25) is 4.79 Å². The van der Waals surface area contributed by atoms with Crippen molar-refractivity contribution in [1.29, 1.82) is 0 Å². The molecule has 2 aromatic rings. The van der Waals surface area contributed by atoms with Gasteiger partial charge in [0.1, 0.15) is 25.0 Å². The molecule has 186 valence electrons. The fraction of sp³-hybridized carbons (Fsp3) is 0.444. The number of carbonyl (C=O) groups excluding carboxylic acids is 3. The Labute approximate surface area is 204 Å². The molecule has 0 saturated carbocycles. The number of likely N-dealkylation sites (tertiary alicyclic amines) is 1. The SMILES string of the molecule is Cc1ccc(C(=O)OC[C@H]2O[C@@H](N3CC[C@@H](O)CCC3=O)C[C@@H]2OC(=O)c2ccc(C)cc2)cc1. The second kappa shape index (κ2) is 11.0. The number of carbonyl (C=O) groups is 3. The third-order valence-electron chi connectivity index (χ3n) is 6.45. The number of hydrogen-bond acceptors (Lipinski definition) is 7. The van der Waals surface area contributed by atoms with Gasteiger partial charge in [-0.1, -0.05) is 35.4 Å². The van der Waals surface area contributed by atoms with E-state index in [-0.39, 0.29) is 25.4 Å². The predicted molar refractivity (Wildman–Crippen MR) is 127 cm³/mol. The fourth-order valence-corrected chi connectivity index (χ4v) is 4.29. The lowest BCUT2D eigenvalue weighted by atomic mass is 10.1. The average Bonchev–Trinajstić information content (AvgIpc) is 3.15. The van der Waals surface area contributed by atoms with Crippen LogP contribution in [0.1, 0.15) is 57.5 Å². The molecule has 0 radical (unpaired) electrons. The van der Waals surface area contributed by atoms with Crippen LogP contribution in [0.25, 0.3) is 0 Å². The van der Waals surface area contributed by atoms with Crippen LogP contribution >= 0.6 is 0 Å². The van der Waals surface area contributed by atoms with Crippen molar-refractivity contribution in [3.05, 3.63) is 70.8 Å². The Hall–Kier alpha value is -3.23. The summed E-state index contributed by atoms with van der Waals surface area (Å²) in [6.45, 7) is 4.08. The van der Waals surface area contributed by atoms with Gasteiger partial charge in [0.25, 0.3) is 0 Å². The van der Waals surface area contributed by atoms with Gasteiger partial charge >= 0.3 is 11.9 Å². The number of esters is 2. The van der Waals surface area contributed by atoms with Crippen LogP contribution in [0.4, 0.5) is 0 Å². The van der Waals surface area contributed by atoms with Crippen LogP contribution in [0.2, 0.25) is 0 Å². The number of amides is 1. The Balaban J connectivity index is 1.46. The lowest BCUT2D eigenvalue weighted by Gasteiger charge is -2.27. The normalized spacial score (nSPS) is 24.7.